The Bertz CT molecular complexity index is 540. The van der Waals surface area contributed by atoms with Gasteiger partial charge in [0.2, 0.25) is 5.91 Å². The number of fused-ring (bicyclic) bond motifs is 1. The van der Waals surface area contributed by atoms with Crippen molar-refractivity contribution >= 4 is 11.9 Å². The van der Waals surface area contributed by atoms with Crippen LogP contribution in [0.2, 0.25) is 0 Å². The van der Waals surface area contributed by atoms with Crippen LogP contribution in [0.4, 0.5) is 0 Å². The maximum atomic E-state index is 12.8. The first-order chi connectivity index (χ1) is 10.6. The average Bonchev–Trinajstić information content (AvgIpc) is 3.14. The number of aliphatic carboxylic acids is 1. The lowest BCUT2D eigenvalue weighted by Gasteiger charge is -2.33. The van der Waals surface area contributed by atoms with Crippen LogP contribution in [-0.2, 0) is 9.59 Å². The molecule has 0 unspecified atom stereocenters. The Morgan fingerprint density at radius 2 is 1.91 bits per heavy atom. The second-order valence-corrected chi connectivity index (χ2v) is 6.69. The van der Waals surface area contributed by atoms with E-state index in [4.69, 9.17) is 0 Å². The molecule has 1 saturated heterocycles. The molecule has 1 N–H and O–H groups in total. The molecule has 3 rings (SSSR count). The standard InChI is InChI=1S/C17H24N2O3/c1-12(18-8-4-5-9-18)10-16(20)19-14-7-3-2-6-13(14)11-15(19)17(21)22/h4-5,8-9,12-15H,2-3,6-7,10-11H2,1H3,(H,21,22)/t12-,13-,14+,15+/m1/s1. The Morgan fingerprint density at radius 3 is 2.59 bits per heavy atom. The number of nitrogens with zero attached hydrogens (tertiary/aromatic N) is 2. The van der Waals surface area contributed by atoms with Crippen LogP contribution in [0, 0.1) is 5.92 Å². The molecule has 2 aliphatic rings. The van der Waals surface area contributed by atoms with E-state index in [0.29, 0.717) is 18.8 Å². The van der Waals surface area contributed by atoms with Crippen molar-refractivity contribution in [2.75, 3.05) is 0 Å². The van der Waals surface area contributed by atoms with E-state index >= 15 is 0 Å². The first kappa shape index (κ1) is 15.1. The number of hydrogen-bond donors (Lipinski definition) is 1. The topological polar surface area (TPSA) is 62.5 Å². The van der Waals surface area contributed by atoms with Crippen molar-refractivity contribution in [3.8, 4) is 0 Å². The number of aromatic nitrogens is 1. The van der Waals surface area contributed by atoms with Crippen molar-refractivity contribution < 1.29 is 14.7 Å². The van der Waals surface area contributed by atoms with Gasteiger partial charge in [-0.3, -0.25) is 4.79 Å². The average molecular weight is 304 g/mol. The van der Waals surface area contributed by atoms with Gasteiger partial charge in [0, 0.05) is 30.9 Å². The lowest BCUT2D eigenvalue weighted by atomic mass is 9.84. The van der Waals surface area contributed by atoms with E-state index in [1.165, 1.54) is 0 Å². The third-order valence-electron chi connectivity index (χ3n) is 5.27. The number of carboxylic acids is 1. The largest absolute Gasteiger partial charge is 0.480 e. The smallest absolute Gasteiger partial charge is 0.326 e. The van der Waals surface area contributed by atoms with Gasteiger partial charge in [-0.2, -0.15) is 0 Å². The van der Waals surface area contributed by atoms with E-state index in [1.807, 2.05) is 36.0 Å². The minimum Gasteiger partial charge on any atom is -0.480 e. The first-order valence-corrected chi connectivity index (χ1v) is 8.24. The van der Waals surface area contributed by atoms with Gasteiger partial charge in [0.15, 0.2) is 0 Å². The molecule has 0 bridgehead atoms. The molecular weight excluding hydrogens is 280 g/mol. The van der Waals surface area contributed by atoms with Gasteiger partial charge in [0.1, 0.15) is 6.04 Å². The van der Waals surface area contributed by atoms with Gasteiger partial charge < -0.3 is 14.6 Å². The maximum absolute atomic E-state index is 12.8. The minimum atomic E-state index is -0.851. The van der Waals surface area contributed by atoms with E-state index in [1.54, 1.807) is 4.90 Å². The fraction of sp³-hybridized carbons (Fsp3) is 0.647. The van der Waals surface area contributed by atoms with Crippen molar-refractivity contribution in [1.82, 2.24) is 9.47 Å². The fourth-order valence-electron chi connectivity index (χ4n) is 4.14. The second kappa shape index (κ2) is 6.15. The molecule has 2 heterocycles. The Kier molecular flexibility index (Phi) is 4.23. The Morgan fingerprint density at radius 1 is 1.23 bits per heavy atom. The van der Waals surface area contributed by atoms with Gasteiger partial charge in [0.25, 0.3) is 0 Å². The number of carboxylic acid groups (broad SMARTS) is 1. The van der Waals surface area contributed by atoms with Gasteiger partial charge in [-0.15, -0.1) is 0 Å². The zero-order valence-corrected chi connectivity index (χ0v) is 13.0. The van der Waals surface area contributed by atoms with Gasteiger partial charge in [-0.1, -0.05) is 12.8 Å². The molecular formula is C17H24N2O3. The summed E-state index contributed by atoms with van der Waals surface area (Å²) in [4.78, 5) is 26.0. The van der Waals surface area contributed by atoms with Gasteiger partial charge in [-0.05, 0) is 44.2 Å². The summed E-state index contributed by atoms with van der Waals surface area (Å²) in [5, 5.41) is 9.50. The highest BCUT2D eigenvalue weighted by Gasteiger charge is 2.47. The lowest BCUT2D eigenvalue weighted by Crippen LogP contribution is -2.46. The zero-order valence-electron chi connectivity index (χ0n) is 13.0. The van der Waals surface area contributed by atoms with E-state index in [0.717, 1.165) is 25.7 Å². The molecule has 1 aliphatic carbocycles. The minimum absolute atomic E-state index is 0.0111. The summed E-state index contributed by atoms with van der Waals surface area (Å²) < 4.78 is 2.00. The first-order valence-electron chi connectivity index (χ1n) is 8.24. The molecule has 1 aromatic heterocycles. The molecule has 1 aromatic rings. The maximum Gasteiger partial charge on any atom is 0.326 e. The zero-order chi connectivity index (χ0) is 15.7. The molecule has 2 fully saturated rings. The number of carbonyl (C=O) groups is 2. The van der Waals surface area contributed by atoms with Crippen LogP contribution in [-0.4, -0.2) is 38.5 Å². The highest BCUT2D eigenvalue weighted by molar-refractivity contribution is 5.85. The quantitative estimate of drug-likeness (QED) is 0.930. The van der Waals surface area contributed by atoms with Crippen molar-refractivity contribution in [3.63, 3.8) is 0 Å². The molecule has 0 spiro atoms. The number of amides is 1. The van der Waals surface area contributed by atoms with Crippen LogP contribution in [0.1, 0.15) is 51.5 Å². The van der Waals surface area contributed by atoms with Crippen LogP contribution >= 0.6 is 0 Å². The van der Waals surface area contributed by atoms with Crippen molar-refractivity contribution in [1.29, 1.82) is 0 Å². The number of likely N-dealkylation sites (tertiary alicyclic amines) is 1. The van der Waals surface area contributed by atoms with Crippen molar-refractivity contribution in [3.05, 3.63) is 24.5 Å². The normalized spacial score (nSPS) is 29.1. The molecule has 0 radical (unpaired) electrons. The SMILES string of the molecule is C[C@H](CC(=O)N1[C@H](C(=O)O)C[C@H]2CCCC[C@@H]21)n1cccc1. The predicted molar refractivity (Wildman–Crippen MR) is 82.4 cm³/mol. The predicted octanol–water partition coefficient (Wildman–Crippen LogP) is 2.68. The molecule has 4 atom stereocenters. The Hall–Kier alpha value is -1.78. The third kappa shape index (κ3) is 2.76. The van der Waals surface area contributed by atoms with Crippen LogP contribution < -0.4 is 0 Å². The monoisotopic (exact) mass is 304 g/mol. The molecule has 5 heteroatoms. The summed E-state index contributed by atoms with van der Waals surface area (Å²) in [7, 11) is 0. The van der Waals surface area contributed by atoms with Gasteiger partial charge >= 0.3 is 5.97 Å². The van der Waals surface area contributed by atoms with E-state index in [9.17, 15) is 14.7 Å². The summed E-state index contributed by atoms with van der Waals surface area (Å²) in [6.07, 6.45) is 9.16. The van der Waals surface area contributed by atoms with Gasteiger partial charge in [0.05, 0.1) is 0 Å². The number of carbonyl (C=O) groups excluding carboxylic acids is 1. The summed E-state index contributed by atoms with van der Waals surface area (Å²) in [6, 6.07) is 3.44. The summed E-state index contributed by atoms with van der Waals surface area (Å²) >= 11 is 0. The van der Waals surface area contributed by atoms with E-state index < -0.39 is 12.0 Å². The number of hydrogen-bond acceptors (Lipinski definition) is 2. The molecule has 120 valence electrons. The lowest BCUT2D eigenvalue weighted by molar-refractivity contribution is -0.150. The molecule has 22 heavy (non-hydrogen) atoms. The Balaban J connectivity index is 1.74. The summed E-state index contributed by atoms with van der Waals surface area (Å²) in [5.41, 5.74) is 0. The molecule has 0 aromatic carbocycles. The third-order valence-corrected chi connectivity index (χ3v) is 5.27. The van der Waals surface area contributed by atoms with Crippen LogP contribution in [0.5, 0.6) is 0 Å². The molecule has 5 nitrogen and oxygen atoms in total. The molecule has 1 saturated carbocycles. The fourth-order valence-corrected chi connectivity index (χ4v) is 4.14. The second-order valence-electron chi connectivity index (χ2n) is 6.69. The molecule has 1 aliphatic heterocycles. The summed E-state index contributed by atoms with van der Waals surface area (Å²) in [6.45, 7) is 2.00. The van der Waals surface area contributed by atoms with Crippen molar-refractivity contribution in [2.45, 2.75) is 63.6 Å². The van der Waals surface area contributed by atoms with Crippen LogP contribution in [0.15, 0.2) is 24.5 Å². The highest BCUT2D eigenvalue weighted by atomic mass is 16.4. The van der Waals surface area contributed by atoms with E-state index in [-0.39, 0.29) is 18.0 Å². The summed E-state index contributed by atoms with van der Waals surface area (Å²) in [5.74, 6) is -0.486. The number of rotatable bonds is 4. The molecule has 1 amide bonds. The van der Waals surface area contributed by atoms with Gasteiger partial charge in [-0.25, -0.2) is 4.79 Å². The van der Waals surface area contributed by atoms with Crippen LogP contribution in [0.25, 0.3) is 0 Å². The highest BCUT2D eigenvalue weighted by Crippen LogP contribution is 2.40. The van der Waals surface area contributed by atoms with E-state index in [2.05, 4.69) is 0 Å². The van der Waals surface area contributed by atoms with Crippen molar-refractivity contribution in [2.24, 2.45) is 5.92 Å². The van der Waals surface area contributed by atoms with Crippen LogP contribution in [0.3, 0.4) is 0 Å². The Labute approximate surface area is 130 Å².